The van der Waals surface area contributed by atoms with E-state index in [4.69, 9.17) is 9.47 Å². The Morgan fingerprint density at radius 3 is 2.18 bits per heavy atom. The summed E-state index contributed by atoms with van der Waals surface area (Å²) in [6.45, 7) is 8.57. The van der Waals surface area contributed by atoms with Crippen molar-refractivity contribution in [2.45, 2.75) is 72.1 Å². The maximum Gasteiger partial charge on any atom is 0.308 e. The SMILES string of the molecule is COC(=O)[C@@H](C)C[C@H](Cc1ccccc1)NC(=O)c1cccc([C@@H](C[C@H](C(C)C)N(C)C(C)=O)OC(C)=O)n1. The van der Waals surface area contributed by atoms with Gasteiger partial charge in [0.25, 0.3) is 5.91 Å². The minimum atomic E-state index is -0.746. The topological polar surface area (TPSA) is 115 Å². The van der Waals surface area contributed by atoms with Crippen LogP contribution >= 0.6 is 0 Å². The van der Waals surface area contributed by atoms with E-state index in [-0.39, 0.29) is 35.6 Å². The zero-order valence-corrected chi connectivity index (χ0v) is 24.0. The molecule has 0 bridgehead atoms. The van der Waals surface area contributed by atoms with Gasteiger partial charge in [0.2, 0.25) is 5.91 Å². The first kappa shape index (κ1) is 31.5. The minimum absolute atomic E-state index is 0.0954. The van der Waals surface area contributed by atoms with Crippen molar-refractivity contribution in [1.29, 1.82) is 0 Å². The van der Waals surface area contributed by atoms with Gasteiger partial charge >= 0.3 is 11.9 Å². The van der Waals surface area contributed by atoms with Gasteiger partial charge in [-0.2, -0.15) is 0 Å². The standard InChI is InChI=1S/C30H41N3O6/c1-19(2)27(33(6)21(4)34)18-28(39-22(5)35)25-14-11-15-26(32-25)29(36)31-24(16-20(3)30(37)38-7)17-23-12-9-8-10-13-23/h8-15,19-20,24,27-28H,16-18H2,1-7H3,(H,31,36)/t20-,24+,27+,28+/m0/s1. The fraction of sp³-hybridized carbons (Fsp3) is 0.500. The van der Waals surface area contributed by atoms with Crippen LogP contribution in [0.25, 0.3) is 0 Å². The van der Waals surface area contributed by atoms with Crippen LogP contribution < -0.4 is 5.32 Å². The first-order chi connectivity index (χ1) is 18.4. The van der Waals surface area contributed by atoms with Crippen molar-refractivity contribution in [1.82, 2.24) is 15.2 Å². The molecule has 0 radical (unpaired) electrons. The molecule has 0 aliphatic rings. The summed E-state index contributed by atoms with van der Waals surface area (Å²) in [4.78, 5) is 55.6. The normalized spacial score (nSPS) is 14.1. The number of methoxy groups -OCH3 is 1. The molecular formula is C30H41N3O6. The molecule has 0 saturated carbocycles. The summed E-state index contributed by atoms with van der Waals surface area (Å²) in [5.41, 5.74) is 1.60. The Morgan fingerprint density at radius 1 is 0.949 bits per heavy atom. The van der Waals surface area contributed by atoms with E-state index in [1.54, 1.807) is 37.1 Å². The Kier molecular flexibility index (Phi) is 12.1. The highest BCUT2D eigenvalue weighted by Gasteiger charge is 2.29. The number of amides is 2. The summed E-state index contributed by atoms with van der Waals surface area (Å²) in [7, 11) is 3.06. The largest absolute Gasteiger partial charge is 0.469 e. The van der Waals surface area contributed by atoms with Crippen molar-refractivity contribution in [3.8, 4) is 0 Å². The highest BCUT2D eigenvalue weighted by atomic mass is 16.5. The van der Waals surface area contributed by atoms with E-state index >= 15 is 0 Å². The summed E-state index contributed by atoms with van der Waals surface area (Å²) < 4.78 is 10.5. The lowest BCUT2D eigenvalue weighted by atomic mass is 9.94. The third kappa shape index (κ3) is 9.81. The average Bonchev–Trinajstić information content (AvgIpc) is 2.90. The van der Waals surface area contributed by atoms with Crippen LogP contribution in [-0.4, -0.2) is 59.9 Å². The zero-order chi connectivity index (χ0) is 29.1. The number of nitrogens with one attached hydrogen (secondary N) is 1. The van der Waals surface area contributed by atoms with Crippen LogP contribution in [0.15, 0.2) is 48.5 Å². The van der Waals surface area contributed by atoms with E-state index < -0.39 is 23.9 Å². The van der Waals surface area contributed by atoms with Gasteiger partial charge in [-0.05, 0) is 36.5 Å². The highest BCUT2D eigenvalue weighted by Crippen LogP contribution is 2.27. The molecule has 2 rings (SSSR count). The van der Waals surface area contributed by atoms with E-state index in [1.807, 2.05) is 44.2 Å². The maximum absolute atomic E-state index is 13.3. The fourth-order valence-corrected chi connectivity index (χ4v) is 4.59. The van der Waals surface area contributed by atoms with Crippen LogP contribution in [0.1, 0.15) is 75.3 Å². The maximum atomic E-state index is 13.3. The predicted octanol–water partition coefficient (Wildman–Crippen LogP) is 4.12. The van der Waals surface area contributed by atoms with Gasteiger partial charge in [0.05, 0.1) is 18.7 Å². The number of rotatable bonds is 13. The molecule has 1 aromatic heterocycles. The molecule has 1 heterocycles. The summed E-state index contributed by atoms with van der Waals surface area (Å²) >= 11 is 0. The number of pyridine rings is 1. The number of carbonyl (C=O) groups is 4. The second kappa shape index (κ2) is 15.0. The summed E-state index contributed by atoms with van der Waals surface area (Å²) in [6.07, 6.45) is 0.496. The van der Waals surface area contributed by atoms with Crippen LogP contribution in [0, 0.1) is 11.8 Å². The Morgan fingerprint density at radius 2 is 1.62 bits per heavy atom. The molecule has 212 valence electrons. The van der Waals surface area contributed by atoms with Crippen LogP contribution in [-0.2, 0) is 30.3 Å². The summed E-state index contributed by atoms with van der Waals surface area (Å²) in [5.74, 6) is -1.65. The van der Waals surface area contributed by atoms with E-state index in [1.165, 1.54) is 21.0 Å². The molecule has 1 N–H and O–H groups in total. The molecule has 0 fully saturated rings. The van der Waals surface area contributed by atoms with Crippen molar-refractivity contribution in [2.75, 3.05) is 14.2 Å². The van der Waals surface area contributed by atoms with E-state index in [9.17, 15) is 19.2 Å². The molecule has 39 heavy (non-hydrogen) atoms. The first-order valence-electron chi connectivity index (χ1n) is 13.2. The van der Waals surface area contributed by atoms with Gasteiger partial charge in [0.15, 0.2) is 0 Å². The molecule has 2 aromatic rings. The molecule has 0 saturated heterocycles. The van der Waals surface area contributed by atoms with Crippen molar-refractivity contribution >= 4 is 23.8 Å². The van der Waals surface area contributed by atoms with Crippen molar-refractivity contribution in [3.63, 3.8) is 0 Å². The lowest BCUT2D eigenvalue weighted by molar-refractivity contribution is -0.148. The van der Waals surface area contributed by atoms with Crippen molar-refractivity contribution in [2.24, 2.45) is 11.8 Å². The third-order valence-corrected chi connectivity index (χ3v) is 6.76. The number of hydrogen-bond donors (Lipinski definition) is 1. The highest BCUT2D eigenvalue weighted by molar-refractivity contribution is 5.92. The number of ether oxygens (including phenoxy) is 2. The van der Waals surface area contributed by atoms with Crippen LogP contribution in [0.2, 0.25) is 0 Å². The number of carbonyl (C=O) groups excluding carboxylic acids is 4. The van der Waals surface area contributed by atoms with Crippen LogP contribution in [0.3, 0.4) is 0 Å². The van der Waals surface area contributed by atoms with Crippen LogP contribution in [0.4, 0.5) is 0 Å². The van der Waals surface area contributed by atoms with E-state index in [0.29, 0.717) is 25.0 Å². The Labute approximate surface area is 231 Å². The van der Waals surface area contributed by atoms with Gasteiger partial charge in [-0.15, -0.1) is 0 Å². The lowest BCUT2D eigenvalue weighted by Gasteiger charge is -2.33. The van der Waals surface area contributed by atoms with Gasteiger partial charge in [0, 0.05) is 39.4 Å². The monoisotopic (exact) mass is 539 g/mol. The smallest absolute Gasteiger partial charge is 0.308 e. The Balaban J connectivity index is 2.31. The molecule has 0 aliphatic carbocycles. The first-order valence-corrected chi connectivity index (χ1v) is 13.2. The number of nitrogens with zero attached hydrogens (tertiary/aromatic N) is 2. The third-order valence-electron chi connectivity index (χ3n) is 6.76. The molecule has 0 aliphatic heterocycles. The summed E-state index contributed by atoms with van der Waals surface area (Å²) in [6, 6.07) is 14.1. The number of aromatic nitrogens is 1. The summed E-state index contributed by atoms with van der Waals surface area (Å²) in [5, 5.41) is 3.02. The van der Waals surface area contributed by atoms with E-state index in [2.05, 4.69) is 10.3 Å². The zero-order valence-electron chi connectivity index (χ0n) is 24.0. The fourth-order valence-electron chi connectivity index (χ4n) is 4.59. The number of esters is 2. The quantitative estimate of drug-likeness (QED) is 0.381. The predicted molar refractivity (Wildman–Crippen MR) is 148 cm³/mol. The van der Waals surface area contributed by atoms with Crippen molar-refractivity contribution < 1.29 is 28.7 Å². The Hall–Kier alpha value is -3.75. The molecule has 9 nitrogen and oxygen atoms in total. The number of benzene rings is 1. The molecular weight excluding hydrogens is 498 g/mol. The van der Waals surface area contributed by atoms with Gasteiger partial charge < -0.3 is 19.7 Å². The molecule has 1 aromatic carbocycles. The number of hydrogen-bond acceptors (Lipinski definition) is 7. The van der Waals surface area contributed by atoms with Gasteiger partial charge in [-0.25, -0.2) is 4.98 Å². The van der Waals surface area contributed by atoms with Crippen LogP contribution in [0.5, 0.6) is 0 Å². The minimum Gasteiger partial charge on any atom is -0.469 e. The molecule has 0 spiro atoms. The van der Waals surface area contributed by atoms with Gasteiger partial charge in [-0.1, -0.05) is 57.2 Å². The molecule has 2 amide bonds. The van der Waals surface area contributed by atoms with E-state index in [0.717, 1.165) is 5.56 Å². The van der Waals surface area contributed by atoms with Gasteiger partial charge in [0.1, 0.15) is 11.8 Å². The second-order valence-corrected chi connectivity index (χ2v) is 10.2. The average molecular weight is 540 g/mol. The molecule has 9 heteroatoms. The van der Waals surface area contributed by atoms with Gasteiger partial charge in [-0.3, -0.25) is 19.2 Å². The Bertz CT molecular complexity index is 1120. The molecule has 4 atom stereocenters. The van der Waals surface area contributed by atoms with Crippen molar-refractivity contribution in [3.05, 3.63) is 65.5 Å². The lowest BCUT2D eigenvalue weighted by Crippen LogP contribution is -2.41. The molecule has 0 unspecified atom stereocenters. The second-order valence-electron chi connectivity index (χ2n) is 10.2.